The van der Waals surface area contributed by atoms with Gasteiger partial charge in [0.2, 0.25) is 5.91 Å². The van der Waals surface area contributed by atoms with Crippen molar-refractivity contribution < 1.29 is 19.4 Å². The number of carbonyl (C=O) groups excluding carboxylic acids is 2. The number of piperidine rings is 1. The summed E-state index contributed by atoms with van der Waals surface area (Å²) in [6.45, 7) is 7.83. The summed E-state index contributed by atoms with van der Waals surface area (Å²) in [7, 11) is 1.47. The zero-order chi connectivity index (χ0) is 27.7. The topological polar surface area (TPSA) is 140 Å². The first-order chi connectivity index (χ1) is 18.1. The maximum atomic E-state index is 12.9. The number of nitrogens with zero attached hydrogens (tertiary/aromatic N) is 2. The van der Waals surface area contributed by atoms with Crippen LogP contribution in [0.5, 0.6) is 0 Å². The van der Waals surface area contributed by atoms with E-state index in [4.69, 9.17) is 10.1 Å². The molecule has 5 N–H and O–H groups in total. The Balaban J connectivity index is 1.61. The predicted octanol–water partition coefficient (Wildman–Crippen LogP) is 2.95. The van der Waals surface area contributed by atoms with Crippen molar-refractivity contribution in [2.75, 3.05) is 38.6 Å². The van der Waals surface area contributed by atoms with Crippen LogP contribution in [0.3, 0.4) is 0 Å². The molecule has 1 aromatic heterocycles. The maximum Gasteiger partial charge on any atom is 0.274 e. The van der Waals surface area contributed by atoms with Gasteiger partial charge in [-0.1, -0.05) is 19.4 Å². The number of carbonyl (C=O) groups is 2. The first-order valence-corrected chi connectivity index (χ1v) is 13.1. The van der Waals surface area contributed by atoms with Crippen LogP contribution in [0.2, 0.25) is 0 Å². The first-order valence-electron chi connectivity index (χ1n) is 13.1. The van der Waals surface area contributed by atoms with Crippen molar-refractivity contribution in [3.8, 4) is 0 Å². The number of amides is 2. The molecule has 38 heavy (non-hydrogen) atoms. The van der Waals surface area contributed by atoms with Crippen LogP contribution in [0.25, 0.3) is 0 Å². The average molecular weight is 525 g/mol. The number of unbranched alkanes of at least 4 members (excludes halogenated alkanes) is 1. The molecular formula is C28H40N6O4. The lowest BCUT2D eigenvalue weighted by atomic mass is 9.83. The van der Waals surface area contributed by atoms with Crippen LogP contribution in [0.4, 0.5) is 5.82 Å². The number of likely N-dealkylation sites (tertiary alicyclic amines) is 1. The van der Waals surface area contributed by atoms with E-state index < -0.39 is 11.5 Å². The summed E-state index contributed by atoms with van der Waals surface area (Å²) in [5.41, 5.74) is 0.597. The fourth-order valence-electron chi connectivity index (χ4n) is 4.42. The van der Waals surface area contributed by atoms with E-state index in [-0.39, 0.29) is 29.8 Å². The van der Waals surface area contributed by atoms with Gasteiger partial charge in [0.05, 0.1) is 30.7 Å². The molecule has 0 radical (unpaired) electrons. The molecule has 0 unspecified atom stereocenters. The van der Waals surface area contributed by atoms with E-state index in [1.807, 2.05) is 19.9 Å². The highest BCUT2D eigenvalue weighted by Crippen LogP contribution is 2.27. The summed E-state index contributed by atoms with van der Waals surface area (Å²) < 4.78 is 5.38. The smallest absolute Gasteiger partial charge is 0.274 e. The molecule has 2 aliphatic rings. The third-order valence-electron chi connectivity index (χ3n) is 6.80. The number of rotatable bonds is 11. The Morgan fingerprint density at radius 2 is 2.00 bits per heavy atom. The molecule has 2 amide bonds. The highest BCUT2D eigenvalue weighted by atomic mass is 16.5. The third kappa shape index (κ3) is 7.92. The van der Waals surface area contributed by atoms with E-state index in [1.54, 1.807) is 29.3 Å². The predicted molar refractivity (Wildman–Crippen MR) is 148 cm³/mol. The number of hydrogen-bond acceptors (Lipinski definition) is 8. The second kappa shape index (κ2) is 13.2. The molecule has 0 spiro atoms. The van der Waals surface area contributed by atoms with Crippen molar-refractivity contribution in [2.45, 2.75) is 52.1 Å². The van der Waals surface area contributed by atoms with Crippen LogP contribution >= 0.6 is 0 Å². The van der Waals surface area contributed by atoms with E-state index in [9.17, 15) is 14.7 Å². The number of methoxy groups -OCH3 is 1. The molecule has 1 fully saturated rings. The van der Waals surface area contributed by atoms with Gasteiger partial charge < -0.3 is 36.1 Å². The SMILES string of the molecule is CCCCNc1cccc(C(=O)NC2=C/C(=C/NCC(=O)N3CCC(C(C)(C)O)CC3)C(=N)C=C2OC)n1. The Morgan fingerprint density at radius 3 is 2.66 bits per heavy atom. The first kappa shape index (κ1) is 28.9. The van der Waals surface area contributed by atoms with E-state index in [1.165, 1.54) is 13.2 Å². The molecule has 3 rings (SSSR count). The standard InChI is InChI=1S/C28H40N6O4/c1-5-6-12-31-25-9-7-8-22(32-25)27(36)33-23-15-19(21(29)16-24(23)38-4)17-30-18-26(35)34-13-10-20(11-14-34)28(2,3)37/h7-9,15-17,20,29-30,37H,5-6,10-14,18H2,1-4H3,(H,31,32)(H,33,36)/b19-17-,29-21?. The van der Waals surface area contributed by atoms with Gasteiger partial charge in [0, 0.05) is 37.5 Å². The van der Waals surface area contributed by atoms with E-state index in [2.05, 4.69) is 27.9 Å². The Bertz CT molecular complexity index is 1110. The third-order valence-corrected chi connectivity index (χ3v) is 6.80. The molecule has 1 aliphatic carbocycles. The van der Waals surface area contributed by atoms with Crippen molar-refractivity contribution >= 4 is 23.3 Å². The van der Waals surface area contributed by atoms with Gasteiger partial charge in [0.1, 0.15) is 17.3 Å². The molecule has 1 aromatic rings. The van der Waals surface area contributed by atoms with E-state index in [0.29, 0.717) is 35.9 Å². The summed E-state index contributed by atoms with van der Waals surface area (Å²) >= 11 is 0. The van der Waals surface area contributed by atoms with Crippen LogP contribution in [-0.4, -0.2) is 71.4 Å². The van der Waals surface area contributed by atoms with Gasteiger partial charge >= 0.3 is 0 Å². The Kier molecular flexibility index (Phi) is 10.1. The Labute approximate surface area is 224 Å². The van der Waals surface area contributed by atoms with Crippen molar-refractivity contribution in [1.82, 2.24) is 20.5 Å². The lowest BCUT2D eigenvalue weighted by molar-refractivity contribution is -0.132. The van der Waals surface area contributed by atoms with Crippen LogP contribution in [-0.2, 0) is 9.53 Å². The van der Waals surface area contributed by atoms with Crippen LogP contribution in [0.15, 0.2) is 53.6 Å². The fourth-order valence-corrected chi connectivity index (χ4v) is 4.42. The number of hydrogen-bond donors (Lipinski definition) is 5. The minimum atomic E-state index is -0.739. The highest BCUT2D eigenvalue weighted by Gasteiger charge is 2.31. The number of allylic oxidation sites excluding steroid dienone is 3. The van der Waals surface area contributed by atoms with Crippen LogP contribution in [0.1, 0.15) is 56.9 Å². The van der Waals surface area contributed by atoms with Crippen molar-refractivity contribution in [2.24, 2.45) is 5.92 Å². The second-order valence-electron chi connectivity index (χ2n) is 10.1. The largest absolute Gasteiger partial charge is 0.494 e. The molecule has 10 nitrogen and oxygen atoms in total. The zero-order valence-corrected chi connectivity index (χ0v) is 22.8. The number of aliphatic hydroxyl groups is 1. The van der Waals surface area contributed by atoms with Crippen LogP contribution in [0, 0.1) is 11.3 Å². The van der Waals surface area contributed by atoms with Crippen molar-refractivity contribution in [3.63, 3.8) is 0 Å². The summed E-state index contributed by atoms with van der Waals surface area (Å²) in [5.74, 6) is 0.723. The molecule has 0 bridgehead atoms. The zero-order valence-electron chi connectivity index (χ0n) is 22.8. The van der Waals surface area contributed by atoms with Gasteiger partial charge in [-0.3, -0.25) is 9.59 Å². The van der Waals surface area contributed by atoms with Gasteiger partial charge in [0.25, 0.3) is 5.91 Å². The average Bonchev–Trinajstić information content (AvgIpc) is 2.90. The van der Waals surface area contributed by atoms with E-state index >= 15 is 0 Å². The number of ether oxygens (including phenoxy) is 1. The minimum absolute atomic E-state index is 0.0393. The van der Waals surface area contributed by atoms with Crippen LogP contribution < -0.4 is 16.0 Å². The van der Waals surface area contributed by atoms with Gasteiger partial charge in [-0.2, -0.15) is 0 Å². The summed E-state index contributed by atoms with van der Waals surface area (Å²) in [6, 6.07) is 5.22. The normalized spacial score (nSPS) is 17.6. The number of pyridine rings is 1. The second-order valence-corrected chi connectivity index (χ2v) is 10.1. The minimum Gasteiger partial charge on any atom is -0.494 e. The fraction of sp³-hybridized carbons (Fsp3) is 0.500. The Hall–Kier alpha value is -3.66. The van der Waals surface area contributed by atoms with Gasteiger partial charge in [0.15, 0.2) is 0 Å². The molecule has 2 heterocycles. The monoisotopic (exact) mass is 524 g/mol. The highest BCUT2D eigenvalue weighted by molar-refractivity contribution is 6.10. The number of anilines is 1. The summed E-state index contributed by atoms with van der Waals surface area (Å²) in [4.78, 5) is 31.8. The molecule has 10 heteroatoms. The van der Waals surface area contributed by atoms with Gasteiger partial charge in [-0.15, -0.1) is 0 Å². The molecule has 206 valence electrons. The number of nitrogens with one attached hydrogen (secondary N) is 4. The lowest BCUT2D eigenvalue weighted by Crippen LogP contribution is -2.46. The molecule has 1 aliphatic heterocycles. The summed E-state index contributed by atoms with van der Waals surface area (Å²) in [6.07, 6.45) is 8.35. The van der Waals surface area contributed by atoms with Crippen molar-refractivity contribution in [3.05, 3.63) is 59.3 Å². The quantitative estimate of drug-likeness (QED) is 0.280. The van der Waals surface area contributed by atoms with Gasteiger partial charge in [-0.25, -0.2) is 4.98 Å². The molecule has 0 aromatic carbocycles. The summed E-state index contributed by atoms with van der Waals surface area (Å²) in [5, 5.41) is 27.6. The van der Waals surface area contributed by atoms with Crippen molar-refractivity contribution in [1.29, 1.82) is 5.41 Å². The molecule has 0 atom stereocenters. The van der Waals surface area contributed by atoms with E-state index in [0.717, 1.165) is 32.2 Å². The van der Waals surface area contributed by atoms with Gasteiger partial charge in [-0.05, 0) is 57.2 Å². The lowest BCUT2D eigenvalue weighted by Gasteiger charge is -2.37. The Morgan fingerprint density at radius 1 is 1.26 bits per heavy atom. The molecule has 0 saturated carbocycles. The molecular weight excluding hydrogens is 484 g/mol. The maximum absolute atomic E-state index is 12.9. The number of aromatic nitrogens is 1. The molecule has 1 saturated heterocycles.